The molecule has 0 N–H and O–H groups in total. The molecule has 7 nitrogen and oxygen atoms in total. The van der Waals surface area contributed by atoms with Gasteiger partial charge in [0, 0.05) is 24.7 Å². The maximum absolute atomic E-state index is 13.4. The predicted molar refractivity (Wildman–Crippen MR) is 127 cm³/mol. The molecule has 33 heavy (non-hydrogen) atoms. The van der Waals surface area contributed by atoms with Crippen molar-refractivity contribution in [2.24, 2.45) is 5.92 Å². The van der Waals surface area contributed by atoms with Crippen molar-refractivity contribution in [1.29, 1.82) is 0 Å². The van der Waals surface area contributed by atoms with Crippen LogP contribution in [0, 0.1) is 5.92 Å². The Bertz CT molecular complexity index is 1340. The zero-order valence-electron chi connectivity index (χ0n) is 17.8. The molecule has 4 rings (SSSR count). The van der Waals surface area contributed by atoms with E-state index in [1.54, 1.807) is 36.4 Å². The number of para-hydroxylation sites is 1. The van der Waals surface area contributed by atoms with Crippen molar-refractivity contribution in [2.75, 3.05) is 20.2 Å². The fourth-order valence-corrected chi connectivity index (χ4v) is 6.08. The zero-order chi connectivity index (χ0) is 23.8. The lowest BCUT2D eigenvalue weighted by Gasteiger charge is -2.31. The summed E-state index contributed by atoms with van der Waals surface area (Å²) in [6, 6.07) is 11.8. The van der Waals surface area contributed by atoms with Gasteiger partial charge in [0.05, 0.1) is 39.9 Å². The van der Waals surface area contributed by atoms with Gasteiger partial charge in [-0.25, -0.2) is 17.5 Å². The Hall–Kier alpha value is -2.39. The van der Waals surface area contributed by atoms with Crippen LogP contribution in [0.2, 0.25) is 10.0 Å². The number of fused-ring (bicyclic) bond motifs is 1. The van der Waals surface area contributed by atoms with Crippen molar-refractivity contribution in [3.05, 3.63) is 69.8 Å². The molecule has 1 atom stereocenters. The molecule has 1 saturated heterocycles. The largest absolute Gasteiger partial charge is 0.465 e. The Labute approximate surface area is 201 Å². The van der Waals surface area contributed by atoms with E-state index >= 15 is 0 Å². The molecular formula is C23H22Cl2N2O5S. The molecule has 1 fully saturated rings. The van der Waals surface area contributed by atoms with Gasteiger partial charge in [0.1, 0.15) is 0 Å². The summed E-state index contributed by atoms with van der Waals surface area (Å²) < 4.78 is 33.8. The highest BCUT2D eigenvalue weighted by atomic mass is 35.5. The number of piperidine rings is 1. The minimum atomic E-state index is -3.67. The summed E-state index contributed by atoms with van der Waals surface area (Å²) in [7, 11) is -2.39. The number of hydrogen-bond acceptors (Lipinski definition) is 5. The molecule has 0 bridgehead atoms. The summed E-state index contributed by atoms with van der Waals surface area (Å²) in [4.78, 5) is 25.6. The second kappa shape index (κ2) is 9.46. The molecule has 1 aliphatic rings. The number of halogens is 2. The van der Waals surface area contributed by atoms with Gasteiger partial charge in [0.25, 0.3) is 0 Å². The van der Waals surface area contributed by atoms with Crippen LogP contribution in [0.4, 0.5) is 0 Å². The molecule has 1 aliphatic heterocycles. The van der Waals surface area contributed by atoms with Gasteiger partial charge in [-0.1, -0.05) is 47.5 Å². The summed E-state index contributed by atoms with van der Waals surface area (Å²) in [6.45, 7) is 0.413. The summed E-state index contributed by atoms with van der Waals surface area (Å²) >= 11 is 11.9. The highest BCUT2D eigenvalue weighted by Gasteiger charge is 2.34. The number of hydrogen-bond donors (Lipinski definition) is 0. The molecule has 0 amide bonds. The van der Waals surface area contributed by atoms with Gasteiger partial charge in [-0.3, -0.25) is 9.36 Å². The number of esters is 1. The first-order chi connectivity index (χ1) is 15.7. The average molecular weight is 509 g/mol. The van der Waals surface area contributed by atoms with Crippen molar-refractivity contribution in [3.8, 4) is 0 Å². The van der Waals surface area contributed by atoms with E-state index in [0.29, 0.717) is 46.4 Å². The molecule has 0 saturated carbocycles. The lowest BCUT2D eigenvalue weighted by Crippen LogP contribution is -2.43. The second-order valence-electron chi connectivity index (χ2n) is 7.96. The van der Waals surface area contributed by atoms with Crippen LogP contribution >= 0.6 is 23.2 Å². The summed E-state index contributed by atoms with van der Waals surface area (Å²) in [5, 5.41) is 1.25. The lowest BCUT2D eigenvalue weighted by atomic mass is 9.98. The summed E-state index contributed by atoms with van der Waals surface area (Å²) in [6.07, 6.45) is 2.58. The third-order valence-electron chi connectivity index (χ3n) is 5.81. The first-order valence-electron chi connectivity index (χ1n) is 10.4. The van der Waals surface area contributed by atoms with Gasteiger partial charge in [0.15, 0.2) is 0 Å². The van der Waals surface area contributed by atoms with Crippen LogP contribution in [-0.2, 0) is 20.5 Å². The Morgan fingerprint density at radius 2 is 1.88 bits per heavy atom. The van der Waals surface area contributed by atoms with E-state index in [1.807, 2.05) is 0 Å². The number of nitrogens with zero attached hydrogens (tertiary/aromatic N) is 2. The van der Waals surface area contributed by atoms with Gasteiger partial charge in [-0.15, -0.1) is 0 Å². The molecule has 2 heterocycles. The summed E-state index contributed by atoms with van der Waals surface area (Å²) in [5.41, 5.74) is 1.40. The Morgan fingerprint density at radius 3 is 2.61 bits per heavy atom. The van der Waals surface area contributed by atoms with Crippen molar-refractivity contribution >= 4 is 56.0 Å². The van der Waals surface area contributed by atoms with E-state index in [9.17, 15) is 18.0 Å². The van der Waals surface area contributed by atoms with E-state index in [0.717, 1.165) is 0 Å². The van der Waals surface area contributed by atoms with Crippen LogP contribution in [0.5, 0.6) is 0 Å². The van der Waals surface area contributed by atoms with E-state index in [2.05, 4.69) is 0 Å². The number of rotatable bonds is 5. The highest BCUT2D eigenvalue weighted by Crippen LogP contribution is 2.28. The van der Waals surface area contributed by atoms with Crippen molar-refractivity contribution in [1.82, 2.24) is 8.87 Å². The first kappa shape index (κ1) is 23.8. The lowest BCUT2D eigenvalue weighted by molar-refractivity contribution is 0.0603. The van der Waals surface area contributed by atoms with Crippen LogP contribution in [0.1, 0.15) is 33.6 Å². The normalized spacial score (nSPS) is 17.2. The fraction of sp³-hybridized carbons (Fsp3) is 0.304. The predicted octanol–water partition coefficient (Wildman–Crippen LogP) is 4.62. The van der Waals surface area contributed by atoms with E-state index in [4.69, 9.17) is 27.9 Å². The van der Waals surface area contributed by atoms with E-state index in [-0.39, 0.29) is 23.2 Å². The molecule has 2 aromatic carbocycles. The van der Waals surface area contributed by atoms with Crippen LogP contribution in [0.15, 0.2) is 48.7 Å². The molecule has 10 heteroatoms. The number of carbonyl (C=O) groups is 2. The fourth-order valence-electron chi connectivity index (χ4n) is 4.16. The molecule has 0 unspecified atom stereocenters. The molecule has 174 valence electrons. The molecule has 0 spiro atoms. The smallest absolute Gasteiger partial charge is 0.340 e. The summed E-state index contributed by atoms with van der Waals surface area (Å²) in [5.74, 6) is -1.56. The number of benzene rings is 2. The number of carbonyl (C=O) groups excluding carboxylic acids is 2. The van der Waals surface area contributed by atoms with Crippen molar-refractivity contribution in [2.45, 2.75) is 18.6 Å². The van der Waals surface area contributed by atoms with E-state index in [1.165, 1.54) is 28.2 Å². The average Bonchev–Trinajstić information content (AvgIpc) is 3.20. The second-order valence-corrected chi connectivity index (χ2v) is 10.7. The molecular weight excluding hydrogens is 487 g/mol. The van der Waals surface area contributed by atoms with Crippen molar-refractivity contribution in [3.63, 3.8) is 0 Å². The maximum atomic E-state index is 13.4. The molecule has 0 aliphatic carbocycles. The number of ether oxygens (including phenoxy) is 1. The number of methoxy groups -OCH3 is 1. The quantitative estimate of drug-likeness (QED) is 0.469. The van der Waals surface area contributed by atoms with Crippen LogP contribution in [-0.4, -0.2) is 49.4 Å². The standard InChI is InChI=1S/C23H22Cl2N2O5S/c1-32-23(29)18-13-27(21-7-3-2-6-17(18)21)22(28)16-5-4-10-26(12-16)33(30,31)14-15-8-9-19(24)20(25)11-15/h2-3,6-9,11,13,16H,4-5,10,12,14H2,1H3/t16-/m1/s1. The number of sulfonamides is 1. The SMILES string of the molecule is COC(=O)c1cn(C(=O)[C@@H]2CCCN(S(=O)(=O)Cc3ccc(Cl)c(Cl)c3)C2)c2ccccc12. The van der Waals surface area contributed by atoms with Gasteiger partial charge >= 0.3 is 5.97 Å². The molecule has 3 aromatic rings. The van der Waals surface area contributed by atoms with Gasteiger partial charge in [0.2, 0.25) is 15.9 Å². The molecule has 1 aromatic heterocycles. The Balaban J connectivity index is 1.58. The van der Waals surface area contributed by atoms with Crippen molar-refractivity contribution < 1.29 is 22.7 Å². The highest BCUT2D eigenvalue weighted by molar-refractivity contribution is 7.88. The number of aromatic nitrogens is 1. The van der Waals surface area contributed by atoms with Crippen LogP contribution < -0.4 is 0 Å². The minimum absolute atomic E-state index is 0.0720. The van der Waals surface area contributed by atoms with Gasteiger partial charge < -0.3 is 4.74 Å². The molecule has 0 radical (unpaired) electrons. The zero-order valence-corrected chi connectivity index (χ0v) is 20.2. The minimum Gasteiger partial charge on any atom is -0.465 e. The third-order valence-corrected chi connectivity index (χ3v) is 8.37. The maximum Gasteiger partial charge on any atom is 0.340 e. The van der Waals surface area contributed by atoms with Crippen LogP contribution in [0.25, 0.3) is 10.9 Å². The Morgan fingerprint density at radius 1 is 1.12 bits per heavy atom. The first-order valence-corrected chi connectivity index (χ1v) is 12.7. The topological polar surface area (TPSA) is 85.7 Å². The third kappa shape index (κ3) is 4.80. The monoisotopic (exact) mass is 508 g/mol. The van der Waals surface area contributed by atoms with Crippen LogP contribution in [0.3, 0.4) is 0 Å². The van der Waals surface area contributed by atoms with E-state index < -0.39 is 21.9 Å². The Kier molecular flexibility index (Phi) is 6.81. The van der Waals surface area contributed by atoms with Gasteiger partial charge in [-0.05, 0) is 36.6 Å². The van der Waals surface area contributed by atoms with Gasteiger partial charge in [-0.2, -0.15) is 0 Å².